The number of nitrogens with zero attached hydrogens (tertiary/aromatic N) is 2. The van der Waals surface area contributed by atoms with Crippen molar-refractivity contribution in [3.05, 3.63) is 23.8 Å². The van der Waals surface area contributed by atoms with Gasteiger partial charge in [0.1, 0.15) is 11.8 Å². The lowest BCUT2D eigenvalue weighted by molar-refractivity contribution is -0.129. The molecule has 10 heteroatoms. The van der Waals surface area contributed by atoms with Gasteiger partial charge in [-0.1, -0.05) is 0 Å². The van der Waals surface area contributed by atoms with E-state index in [2.05, 4.69) is 15.6 Å². The number of rotatable bonds is 7. The lowest BCUT2D eigenvalue weighted by Gasteiger charge is -2.29. The number of amides is 2. The summed E-state index contributed by atoms with van der Waals surface area (Å²) in [6.07, 6.45) is 0.217. The highest BCUT2D eigenvalue weighted by Gasteiger charge is 2.38. The van der Waals surface area contributed by atoms with E-state index in [1.165, 1.54) is 0 Å². The van der Waals surface area contributed by atoms with Gasteiger partial charge in [0.05, 0.1) is 37.5 Å². The second-order valence-electron chi connectivity index (χ2n) is 7.30. The van der Waals surface area contributed by atoms with Crippen LogP contribution in [0.4, 0.5) is 5.69 Å². The van der Waals surface area contributed by atoms with Gasteiger partial charge in [-0.3, -0.25) is 14.9 Å². The number of aliphatic imine (C=N–C) groups is 1. The number of aliphatic hydroxyl groups excluding tert-OH is 1. The van der Waals surface area contributed by atoms with Crippen LogP contribution in [-0.4, -0.2) is 72.8 Å². The number of carbonyl (C=O) groups is 2. The van der Waals surface area contributed by atoms with Crippen molar-refractivity contribution >= 4 is 23.5 Å². The molecule has 156 valence electrons. The van der Waals surface area contributed by atoms with Crippen LogP contribution in [0.25, 0.3) is 0 Å². The number of primary amides is 1. The van der Waals surface area contributed by atoms with Crippen LogP contribution in [0.2, 0.25) is 0 Å². The van der Waals surface area contributed by atoms with Crippen LogP contribution >= 0.6 is 0 Å². The van der Waals surface area contributed by atoms with Gasteiger partial charge in [0, 0.05) is 25.2 Å². The summed E-state index contributed by atoms with van der Waals surface area (Å²) in [5.41, 5.74) is 7.19. The Balaban J connectivity index is 1.39. The van der Waals surface area contributed by atoms with Gasteiger partial charge >= 0.3 is 0 Å². The van der Waals surface area contributed by atoms with Gasteiger partial charge < -0.3 is 30.5 Å². The van der Waals surface area contributed by atoms with E-state index in [1.807, 2.05) is 12.1 Å². The highest BCUT2D eigenvalue weighted by atomic mass is 16.5. The summed E-state index contributed by atoms with van der Waals surface area (Å²) in [6.45, 7) is 2.42. The van der Waals surface area contributed by atoms with E-state index in [4.69, 9.17) is 15.2 Å². The van der Waals surface area contributed by atoms with Crippen LogP contribution in [0.5, 0.6) is 5.75 Å². The summed E-state index contributed by atoms with van der Waals surface area (Å²) in [6, 6.07) is 4.86. The second-order valence-corrected chi connectivity index (χ2v) is 7.30. The maximum atomic E-state index is 11.9. The van der Waals surface area contributed by atoms with Crippen molar-refractivity contribution in [2.24, 2.45) is 16.6 Å². The van der Waals surface area contributed by atoms with Crippen molar-refractivity contribution in [3.63, 3.8) is 0 Å². The lowest BCUT2D eigenvalue weighted by Crippen LogP contribution is -2.47. The van der Waals surface area contributed by atoms with Gasteiger partial charge in [0.2, 0.25) is 11.9 Å². The molecule has 10 nitrogen and oxygen atoms in total. The SMILES string of the molecule is NC(=O)C(CCOc1ccc2c(c1)CN1C(=N2)NC(=O)C1CO)C1CNCCO1. The Morgan fingerprint density at radius 1 is 1.48 bits per heavy atom. The van der Waals surface area contributed by atoms with Crippen molar-refractivity contribution in [1.29, 1.82) is 0 Å². The summed E-state index contributed by atoms with van der Waals surface area (Å²) >= 11 is 0. The Bertz CT molecular complexity index is 823. The van der Waals surface area contributed by atoms with Crippen LogP contribution in [0.3, 0.4) is 0 Å². The minimum Gasteiger partial charge on any atom is -0.494 e. The smallest absolute Gasteiger partial charge is 0.251 e. The van der Waals surface area contributed by atoms with E-state index < -0.39 is 17.9 Å². The molecule has 0 radical (unpaired) electrons. The molecule has 4 rings (SSSR count). The first-order chi connectivity index (χ1) is 14.1. The third-order valence-electron chi connectivity index (χ3n) is 5.44. The van der Waals surface area contributed by atoms with E-state index in [-0.39, 0.29) is 18.6 Å². The summed E-state index contributed by atoms with van der Waals surface area (Å²) in [5, 5.41) is 15.4. The van der Waals surface area contributed by atoms with Crippen LogP contribution in [-0.2, 0) is 20.9 Å². The van der Waals surface area contributed by atoms with Crippen molar-refractivity contribution in [3.8, 4) is 5.75 Å². The Morgan fingerprint density at radius 3 is 3.07 bits per heavy atom. The quantitative estimate of drug-likeness (QED) is 0.450. The van der Waals surface area contributed by atoms with Crippen molar-refractivity contribution in [2.45, 2.75) is 25.1 Å². The molecule has 5 N–H and O–H groups in total. The minimum absolute atomic E-state index is 0.239. The third kappa shape index (κ3) is 4.04. The number of morpholine rings is 1. The number of carbonyl (C=O) groups excluding carboxylic acids is 2. The number of aliphatic hydroxyl groups is 1. The molecule has 2 fully saturated rings. The van der Waals surface area contributed by atoms with Crippen molar-refractivity contribution < 1.29 is 24.2 Å². The molecule has 0 aromatic heterocycles. The second kappa shape index (κ2) is 8.36. The molecule has 3 aliphatic heterocycles. The molecule has 0 aliphatic carbocycles. The zero-order chi connectivity index (χ0) is 20.4. The van der Waals surface area contributed by atoms with Gasteiger partial charge in [-0.15, -0.1) is 0 Å². The highest BCUT2D eigenvalue weighted by molar-refractivity contribution is 6.07. The summed E-state index contributed by atoms with van der Waals surface area (Å²) in [7, 11) is 0. The van der Waals surface area contributed by atoms with Crippen LogP contribution in [0.1, 0.15) is 12.0 Å². The maximum absolute atomic E-state index is 11.9. The molecule has 3 atom stereocenters. The fraction of sp³-hybridized carbons (Fsp3) is 0.526. The summed E-state index contributed by atoms with van der Waals surface area (Å²) < 4.78 is 11.5. The normalized spacial score (nSPS) is 24.2. The zero-order valence-corrected chi connectivity index (χ0v) is 16.0. The molecule has 0 spiro atoms. The van der Waals surface area contributed by atoms with Gasteiger partial charge in [-0.2, -0.15) is 0 Å². The van der Waals surface area contributed by atoms with Gasteiger partial charge in [0.25, 0.3) is 5.91 Å². The third-order valence-corrected chi connectivity index (χ3v) is 5.44. The first-order valence-corrected chi connectivity index (χ1v) is 9.71. The molecule has 0 saturated carbocycles. The zero-order valence-electron chi connectivity index (χ0n) is 16.0. The van der Waals surface area contributed by atoms with E-state index >= 15 is 0 Å². The number of hydrogen-bond acceptors (Lipinski definition) is 8. The number of fused-ring (bicyclic) bond motifs is 2. The Morgan fingerprint density at radius 2 is 2.34 bits per heavy atom. The molecular formula is C19H25N5O5. The van der Waals surface area contributed by atoms with E-state index in [9.17, 15) is 14.7 Å². The number of ether oxygens (including phenoxy) is 2. The molecule has 1 aromatic rings. The van der Waals surface area contributed by atoms with Crippen LogP contribution in [0, 0.1) is 5.92 Å². The maximum Gasteiger partial charge on any atom is 0.251 e. The minimum atomic E-state index is -0.632. The number of guanidine groups is 1. The fourth-order valence-electron chi connectivity index (χ4n) is 3.86. The predicted molar refractivity (Wildman–Crippen MR) is 104 cm³/mol. The fourth-order valence-corrected chi connectivity index (χ4v) is 3.86. The molecule has 1 aromatic carbocycles. The first-order valence-electron chi connectivity index (χ1n) is 9.71. The Hall–Kier alpha value is -2.69. The van der Waals surface area contributed by atoms with Gasteiger partial charge in [-0.25, -0.2) is 4.99 Å². The molecule has 3 unspecified atom stereocenters. The van der Waals surface area contributed by atoms with Crippen molar-refractivity contribution in [1.82, 2.24) is 15.5 Å². The molecule has 29 heavy (non-hydrogen) atoms. The lowest BCUT2D eigenvalue weighted by atomic mass is 9.97. The first kappa shape index (κ1) is 19.6. The summed E-state index contributed by atoms with van der Waals surface area (Å²) in [4.78, 5) is 29.9. The number of hydrogen-bond donors (Lipinski definition) is 4. The standard InChI is InChI=1S/C19H25N5O5/c20-17(26)13(16-8-21-4-6-29-16)3-5-28-12-1-2-14-11(7-12)9-24-15(10-25)18(27)23-19(24)22-14/h1-2,7,13,15-16,21,25H,3-6,8-10H2,(H2,20,26)(H,22,23,27). The monoisotopic (exact) mass is 403 g/mol. The molecule has 2 saturated heterocycles. The molecule has 3 heterocycles. The van der Waals surface area contributed by atoms with E-state index in [0.29, 0.717) is 44.4 Å². The molecular weight excluding hydrogens is 378 g/mol. The average Bonchev–Trinajstić information content (AvgIpc) is 3.03. The Labute approximate surface area is 168 Å². The molecule has 2 amide bonds. The summed E-state index contributed by atoms with van der Waals surface area (Å²) in [5.74, 6) is 0.0378. The van der Waals surface area contributed by atoms with Crippen LogP contribution < -0.4 is 21.1 Å². The largest absolute Gasteiger partial charge is 0.494 e. The van der Waals surface area contributed by atoms with E-state index in [1.54, 1.807) is 11.0 Å². The highest BCUT2D eigenvalue weighted by Crippen LogP contribution is 2.32. The predicted octanol–water partition coefficient (Wildman–Crippen LogP) is -1.16. The number of benzene rings is 1. The van der Waals surface area contributed by atoms with Crippen molar-refractivity contribution in [2.75, 3.05) is 32.9 Å². The molecule has 3 aliphatic rings. The van der Waals surface area contributed by atoms with Gasteiger partial charge in [0.15, 0.2) is 0 Å². The van der Waals surface area contributed by atoms with Crippen LogP contribution in [0.15, 0.2) is 23.2 Å². The molecule has 0 bridgehead atoms. The number of nitrogens with two attached hydrogens (primary N) is 1. The topological polar surface area (TPSA) is 139 Å². The average molecular weight is 403 g/mol. The van der Waals surface area contributed by atoms with E-state index in [0.717, 1.165) is 17.8 Å². The Kier molecular flexibility index (Phi) is 5.65. The number of nitrogens with one attached hydrogen (secondary N) is 2. The van der Waals surface area contributed by atoms with Gasteiger partial charge in [-0.05, 0) is 24.6 Å².